The van der Waals surface area contributed by atoms with Gasteiger partial charge < -0.3 is 9.30 Å². The van der Waals surface area contributed by atoms with Gasteiger partial charge in [-0.3, -0.25) is 0 Å². The van der Waals surface area contributed by atoms with Gasteiger partial charge in [0.25, 0.3) is 0 Å². The molecule has 0 bridgehead atoms. The van der Waals surface area contributed by atoms with Crippen molar-refractivity contribution in [3.63, 3.8) is 0 Å². The van der Waals surface area contributed by atoms with Crippen molar-refractivity contribution in [3.05, 3.63) is 30.4 Å². The average Bonchev–Trinajstić information content (AvgIpc) is 2.64. The Morgan fingerprint density at radius 2 is 1.94 bits per heavy atom. The molecule has 3 heteroatoms. The van der Waals surface area contributed by atoms with E-state index < -0.39 is 0 Å². The smallest absolute Gasteiger partial charge is 0.106 e. The molecular formula is C13H22N2O. The van der Waals surface area contributed by atoms with Crippen molar-refractivity contribution in [1.82, 2.24) is 9.55 Å². The summed E-state index contributed by atoms with van der Waals surface area (Å²) in [5.41, 5.74) is 1.89. The predicted octanol–water partition coefficient (Wildman–Crippen LogP) is 3.15. The van der Waals surface area contributed by atoms with E-state index in [4.69, 9.17) is 4.74 Å². The summed E-state index contributed by atoms with van der Waals surface area (Å²) in [6, 6.07) is 0. The van der Waals surface area contributed by atoms with E-state index in [9.17, 15) is 0 Å². The van der Waals surface area contributed by atoms with Crippen LogP contribution < -0.4 is 0 Å². The van der Waals surface area contributed by atoms with Crippen LogP contribution in [0.5, 0.6) is 0 Å². The van der Waals surface area contributed by atoms with Crippen molar-refractivity contribution in [2.24, 2.45) is 0 Å². The van der Waals surface area contributed by atoms with Crippen LogP contribution in [0.25, 0.3) is 12.2 Å². The topological polar surface area (TPSA) is 27.1 Å². The highest BCUT2D eigenvalue weighted by atomic mass is 16.5. The van der Waals surface area contributed by atoms with Gasteiger partial charge in [0.05, 0.1) is 18.0 Å². The zero-order chi connectivity index (χ0) is 12.6. The van der Waals surface area contributed by atoms with Gasteiger partial charge in [0.15, 0.2) is 0 Å². The van der Waals surface area contributed by atoms with Gasteiger partial charge in [-0.05, 0) is 19.1 Å². The Kier molecular flexibility index (Phi) is 7.21. The van der Waals surface area contributed by atoms with Gasteiger partial charge >= 0.3 is 0 Å². The van der Waals surface area contributed by atoms with Gasteiger partial charge in [-0.25, -0.2) is 4.98 Å². The molecule has 0 spiro atoms. The average molecular weight is 222 g/mol. The fourth-order valence-electron chi connectivity index (χ4n) is 1.43. The van der Waals surface area contributed by atoms with Crippen LogP contribution in [-0.4, -0.2) is 23.3 Å². The minimum absolute atomic E-state index is 0.675. The normalized spacial score (nSPS) is 9.25. The highest BCUT2D eigenvalue weighted by Gasteiger charge is 2.08. The highest BCUT2D eigenvalue weighted by Crippen LogP contribution is 2.14. The van der Waals surface area contributed by atoms with Gasteiger partial charge in [-0.1, -0.05) is 27.0 Å². The van der Waals surface area contributed by atoms with Crippen LogP contribution in [-0.2, 0) is 11.3 Å². The van der Waals surface area contributed by atoms with Gasteiger partial charge in [-0.15, -0.1) is 0 Å². The summed E-state index contributed by atoms with van der Waals surface area (Å²) >= 11 is 0. The standard InChI is InChI=1S/C11H16N2O.C2H6/c1-5-10-11(6-2)13(7-8-14-4)9(3)12-10;1-2/h5-6H,1-2,7-8H2,3-4H3;1-2H3. The lowest BCUT2D eigenvalue weighted by Crippen LogP contribution is -2.07. The first kappa shape index (κ1) is 14.6. The summed E-state index contributed by atoms with van der Waals surface area (Å²) in [6.45, 7) is 14.9. The zero-order valence-corrected chi connectivity index (χ0v) is 10.8. The van der Waals surface area contributed by atoms with Gasteiger partial charge in [0.2, 0.25) is 0 Å². The Bertz CT molecular complexity index is 340. The maximum atomic E-state index is 5.03. The second-order valence-corrected chi connectivity index (χ2v) is 2.98. The quantitative estimate of drug-likeness (QED) is 0.765. The summed E-state index contributed by atoms with van der Waals surface area (Å²) in [7, 11) is 1.69. The van der Waals surface area contributed by atoms with Crippen LogP contribution in [0.2, 0.25) is 0 Å². The number of rotatable bonds is 5. The molecular weight excluding hydrogens is 200 g/mol. The maximum absolute atomic E-state index is 5.03. The number of imidazole rings is 1. The molecule has 0 amide bonds. The molecule has 1 aromatic rings. The number of nitrogens with zero attached hydrogens (tertiary/aromatic N) is 2. The Labute approximate surface area is 98.5 Å². The van der Waals surface area contributed by atoms with E-state index in [1.807, 2.05) is 20.8 Å². The van der Waals surface area contributed by atoms with Gasteiger partial charge in [-0.2, -0.15) is 0 Å². The van der Waals surface area contributed by atoms with Crippen LogP contribution in [0.1, 0.15) is 31.1 Å². The summed E-state index contributed by atoms with van der Waals surface area (Å²) in [5, 5.41) is 0. The van der Waals surface area contributed by atoms with E-state index in [2.05, 4.69) is 22.7 Å². The van der Waals surface area contributed by atoms with Crippen LogP contribution in [0.4, 0.5) is 0 Å². The van der Waals surface area contributed by atoms with Crippen molar-refractivity contribution in [3.8, 4) is 0 Å². The fraction of sp³-hybridized carbons (Fsp3) is 0.462. The van der Waals surface area contributed by atoms with E-state index in [0.717, 1.165) is 23.8 Å². The number of aryl methyl sites for hydroxylation is 1. The molecule has 0 saturated heterocycles. The van der Waals surface area contributed by atoms with E-state index in [1.165, 1.54) is 0 Å². The maximum Gasteiger partial charge on any atom is 0.106 e. The summed E-state index contributed by atoms with van der Waals surface area (Å²) < 4.78 is 7.11. The minimum atomic E-state index is 0.675. The summed E-state index contributed by atoms with van der Waals surface area (Å²) in [6.07, 6.45) is 3.54. The molecule has 0 aliphatic rings. The number of hydrogen-bond donors (Lipinski definition) is 0. The van der Waals surface area contributed by atoms with Crippen molar-refractivity contribution in [2.75, 3.05) is 13.7 Å². The van der Waals surface area contributed by atoms with Crippen molar-refractivity contribution in [1.29, 1.82) is 0 Å². The Balaban J connectivity index is 0.00000106. The number of methoxy groups -OCH3 is 1. The van der Waals surface area contributed by atoms with Crippen LogP contribution >= 0.6 is 0 Å². The lowest BCUT2D eigenvalue weighted by Gasteiger charge is -2.06. The third kappa shape index (κ3) is 3.35. The van der Waals surface area contributed by atoms with E-state index in [0.29, 0.717) is 6.61 Å². The monoisotopic (exact) mass is 222 g/mol. The molecule has 1 rings (SSSR count). The largest absolute Gasteiger partial charge is 0.383 e. The first-order valence-corrected chi connectivity index (χ1v) is 5.55. The van der Waals surface area contributed by atoms with E-state index in [1.54, 1.807) is 19.3 Å². The lowest BCUT2D eigenvalue weighted by atomic mass is 10.3. The van der Waals surface area contributed by atoms with Gasteiger partial charge in [0, 0.05) is 13.7 Å². The molecule has 3 nitrogen and oxygen atoms in total. The molecule has 0 aliphatic heterocycles. The first-order valence-electron chi connectivity index (χ1n) is 5.55. The van der Waals surface area contributed by atoms with Crippen molar-refractivity contribution >= 4 is 12.2 Å². The molecule has 1 heterocycles. The first-order chi connectivity index (χ1) is 7.74. The van der Waals surface area contributed by atoms with Crippen molar-refractivity contribution < 1.29 is 4.74 Å². The van der Waals surface area contributed by atoms with Crippen LogP contribution in [0.15, 0.2) is 13.2 Å². The SMILES string of the molecule is C=Cc1nc(C)n(CCOC)c1C=C.CC. The van der Waals surface area contributed by atoms with E-state index >= 15 is 0 Å². The minimum Gasteiger partial charge on any atom is -0.383 e. The molecule has 0 unspecified atom stereocenters. The molecule has 0 fully saturated rings. The lowest BCUT2D eigenvalue weighted by molar-refractivity contribution is 0.186. The Morgan fingerprint density at radius 1 is 1.31 bits per heavy atom. The van der Waals surface area contributed by atoms with Crippen LogP contribution in [0, 0.1) is 6.92 Å². The third-order valence-corrected chi connectivity index (χ3v) is 2.13. The van der Waals surface area contributed by atoms with Gasteiger partial charge in [0.1, 0.15) is 5.82 Å². The molecule has 90 valence electrons. The molecule has 16 heavy (non-hydrogen) atoms. The summed E-state index contributed by atoms with van der Waals surface area (Å²) in [5.74, 6) is 0.965. The number of ether oxygens (including phenoxy) is 1. The molecule has 1 aromatic heterocycles. The number of aromatic nitrogens is 2. The third-order valence-electron chi connectivity index (χ3n) is 2.13. The van der Waals surface area contributed by atoms with Crippen molar-refractivity contribution in [2.45, 2.75) is 27.3 Å². The molecule has 0 radical (unpaired) electrons. The second-order valence-electron chi connectivity index (χ2n) is 2.98. The zero-order valence-electron chi connectivity index (χ0n) is 10.8. The van der Waals surface area contributed by atoms with E-state index in [-0.39, 0.29) is 0 Å². The number of hydrogen-bond acceptors (Lipinski definition) is 2. The summed E-state index contributed by atoms with van der Waals surface area (Å²) in [4.78, 5) is 4.37. The predicted molar refractivity (Wildman–Crippen MR) is 70.4 cm³/mol. The van der Waals surface area contributed by atoms with Crippen LogP contribution in [0.3, 0.4) is 0 Å². The highest BCUT2D eigenvalue weighted by molar-refractivity contribution is 5.58. The molecule has 0 aromatic carbocycles. The molecule has 0 N–H and O–H groups in total. The molecule has 0 aliphatic carbocycles. The second kappa shape index (κ2) is 7.88. The Hall–Kier alpha value is -1.35. The fourth-order valence-corrected chi connectivity index (χ4v) is 1.43. The molecule has 0 saturated carbocycles. The molecule has 0 atom stereocenters. The Morgan fingerprint density at radius 3 is 2.38 bits per heavy atom.